The Bertz CT molecular complexity index is 392. The van der Waals surface area contributed by atoms with Crippen LogP contribution in [0.1, 0.15) is 18.1 Å². The van der Waals surface area contributed by atoms with E-state index in [4.69, 9.17) is 4.74 Å². The molecule has 0 fully saturated rings. The Morgan fingerprint density at radius 3 is 3.06 bits per heavy atom. The molecule has 0 radical (unpaired) electrons. The summed E-state index contributed by atoms with van der Waals surface area (Å²) in [5.74, 6) is 0. The van der Waals surface area contributed by atoms with Crippen molar-refractivity contribution in [1.82, 2.24) is 5.32 Å². The SMILES string of the molecule is CCOC1NCN=C(c2ccccc2C)S1. The molecular weight excluding hydrogens is 220 g/mol. The Balaban J connectivity index is 2.16. The predicted molar refractivity (Wildman–Crippen MR) is 68.7 cm³/mol. The molecule has 16 heavy (non-hydrogen) atoms. The number of ether oxygens (including phenoxy) is 1. The summed E-state index contributed by atoms with van der Waals surface area (Å²) in [6.45, 7) is 5.45. The molecule has 0 bridgehead atoms. The Hall–Kier alpha value is -0.840. The van der Waals surface area contributed by atoms with Crippen molar-refractivity contribution >= 4 is 16.8 Å². The molecule has 1 aromatic rings. The largest absolute Gasteiger partial charge is 0.354 e. The van der Waals surface area contributed by atoms with Gasteiger partial charge < -0.3 is 4.74 Å². The van der Waals surface area contributed by atoms with E-state index in [1.54, 1.807) is 11.8 Å². The van der Waals surface area contributed by atoms with Crippen molar-refractivity contribution in [2.24, 2.45) is 4.99 Å². The van der Waals surface area contributed by atoms with Gasteiger partial charge in [0.2, 0.25) is 0 Å². The van der Waals surface area contributed by atoms with E-state index in [0.717, 1.165) is 5.04 Å². The molecule has 1 heterocycles. The maximum absolute atomic E-state index is 5.55. The number of hydrogen-bond acceptors (Lipinski definition) is 4. The minimum absolute atomic E-state index is 0.0251. The monoisotopic (exact) mass is 236 g/mol. The highest BCUT2D eigenvalue weighted by Gasteiger charge is 2.18. The molecule has 0 amide bonds. The molecule has 0 saturated carbocycles. The first-order valence-corrected chi connectivity index (χ1v) is 6.31. The van der Waals surface area contributed by atoms with Crippen LogP contribution in [0.25, 0.3) is 0 Å². The standard InChI is InChI=1S/C12H16N2OS/c1-3-15-12-14-8-13-11(16-12)10-7-5-4-6-9(10)2/h4-7,12,14H,3,8H2,1-2H3. The summed E-state index contributed by atoms with van der Waals surface area (Å²) in [4.78, 5) is 4.48. The average molecular weight is 236 g/mol. The second-order valence-electron chi connectivity index (χ2n) is 3.55. The number of thioether (sulfide) groups is 1. The van der Waals surface area contributed by atoms with E-state index >= 15 is 0 Å². The Morgan fingerprint density at radius 2 is 2.31 bits per heavy atom. The van der Waals surface area contributed by atoms with E-state index in [0.29, 0.717) is 13.3 Å². The summed E-state index contributed by atoms with van der Waals surface area (Å²) in [7, 11) is 0. The number of rotatable bonds is 3. The molecule has 3 nitrogen and oxygen atoms in total. The summed E-state index contributed by atoms with van der Waals surface area (Å²) < 4.78 is 5.55. The van der Waals surface area contributed by atoms with E-state index < -0.39 is 0 Å². The van der Waals surface area contributed by atoms with Crippen molar-refractivity contribution < 1.29 is 4.74 Å². The quantitative estimate of drug-likeness (QED) is 0.874. The smallest absolute Gasteiger partial charge is 0.163 e. The second-order valence-corrected chi connectivity index (χ2v) is 4.60. The zero-order chi connectivity index (χ0) is 11.4. The molecule has 1 aromatic carbocycles. The fourth-order valence-electron chi connectivity index (χ4n) is 1.58. The Labute approximate surface area is 100 Å². The van der Waals surface area contributed by atoms with E-state index in [9.17, 15) is 0 Å². The summed E-state index contributed by atoms with van der Waals surface area (Å²) in [6.07, 6.45) is 0. The molecule has 0 spiro atoms. The molecular formula is C12H16N2OS. The van der Waals surface area contributed by atoms with Crippen LogP contribution in [0.4, 0.5) is 0 Å². The van der Waals surface area contributed by atoms with Gasteiger partial charge in [0.1, 0.15) is 5.04 Å². The molecule has 2 rings (SSSR count). The predicted octanol–water partition coefficient (Wildman–Crippen LogP) is 2.36. The third kappa shape index (κ3) is 2.64. The van der Waals surface area contributed by atoms with Crippen molar-refractivity contribution in [3.8, 4) is 0 Å². The van der Waals surface area contributed by atoms with Gasteiger partial charge in [0.15, 0.2) is 5.56 Å². The van der Waals surface area contributed by atoms with Crippen molar-refractivity contribution in [2.45, 2.75) is 19.4 Å². The molecule has 0 aliphatic carbocycles. The van der Waals surface area contributed by atoms with Gasteiger partial charge in [-0.3, -0.25) is 10.3 Å². The highest BCUT2D eigenvalue weighted by Crippen LogP contribution is 2.23. The van der Waals surface area contributed by atoms with E-state index in [1.165, 1.54) is 11.1 Å². The Morgan fingerprint density at radius 1 is 1.50 bits per heavy atom. The van der Waals surface area contributed by atoms with Crippen LogP contribution in [0.3, 0.4) is 0 Å². The zero-order valence-corrected chi connectivity index (χ0v) is 10.4. The zero-order valence-electron chi connectivity index (χ0n) is 9.56. The average Bonchev–Trinajstić information content (AvgIpc) is 2.30. The number of hydrogen-bond donors (Lipinski definition) is 1. The van der Waals surface area contributed by atoms with Crippen LogP contribution >= 0.6 is 11.8 Å². The lowest BCUT2D eigenvalue weighted by molar-refractivity contribution is 0.103. The molecule has 1 unspecified atom stereocenters. The van der Waals surface area contributed by atoms with Crippen LogP contribution in [0.2, 0.25) is 0 Å². The summed E-state index contributed by atoms with van der Waals surface area (Å²) in [6, 6.07) is 8.31. The van der Waals surface area contributed by atoms with Crippen LogP contribution in [0.15, 0.2) is 29.3 Å². The topological polar surface area (TPSA) is 33.6 Å². The van der Waals surface area contributed by atoms with Gasteiger partial charge in [-0.2, -0.15) is 0 Å². The lowest BCUT2D eigenvalue weighted by Gasteiger charge is -2.23. The van der Waals surface area contributed by atoms with Crippen LogP contribution in [-0.4, -0.2) is 23.9 Å². The molecule has 1 atom stereocenters. The van der Waals surface area contributed by atoms with Crippen LogP contribution in [0, 0.1) is 6.92 Å². The fraction of sp³-hybridized carbons (Fsp3) is 0.417. The summed E-state index contributed by atoms with van der Waals surface area (Å²) in [5.41, 5.74) is 2.49. The van der Waals surface area contributed by atoms with Crippen LogP contribution in [-0.2, 0) is 4.74 Å². The van der Waals surface area contributed by atoms with Gasteiger partial charge >= 0.3 is 0 Å². The van der Waals surface area contributed by atoms with Gasteiger partial charge in [0.25, 0.3) is 0 Å². The molecule has 1 aliphatic heterocycles. The van der Waals surface area contributed by atoms with E-state index in [1.807, 2.05) is 19.1 Å². The van der Waals surface area contributed by atoms with Gasteiger partial charge in [0.05, 0.1) is 6.67 Å². The highest BCUT2D eigenvalue weighted by atomic mass is 32.2. The molecule has 0 saturated heterocycles. The van der Waals surface area contributed by atoms with Crippen LogP contribution < -0.4 is 5.32 Å². The third-order valence-corrected chi connectivity index (χ3v) is 3.48. The molecule has 0 aromatic heterocycles. The summed E-state index contributed by atoms with van der Waals surface area (Å²) in [5, 5.41) is 4.26. The fourth-order valence-corrected chi connectivity index (χ4v) is 2.64. The highest BCUT2D eigenvalue weighted by molar-refractivity contribution is 8.14. The maximum Gasteiger partial charge on any atom is 0.163 e. The third-order valence-electron chi connectivity index (χ3n) is 2.39. The van der Waals surface area contributed by atoms with Gasteiger partial charge in [-0.1, -0.05) is 36.0 Å². The van der Waals surface area contributed by atoms with Crippen molar-refractivity contribution in [1.29, 1.82) is 0 Å². The maximum atomic E-state index is 5.55. The van der Waals surface area contributed by atoms with Crippen LogP contribution in [0.5, 0.6) is 0 Å². The first kappa shape index (κ1) is 11.6. The number of benzene rings is 1. The summed E-state index contributed by atoms with van der Waals surface area (Å²) >= 11 is 1.64. The molecule has 1 N–H and O–H groups in total. The minimum Gasteiger partial charge on any atom is -0.354 e. The number of aryl methyl sites for hydroxylation is 1. The minimum atomic E-state index is 0.0251. The van der Waals surface area contributed by atoms with Crippen molar-refractivity contribution in [2.75, 3.05) is 13.3 Å². The molecule has 4 heteroatoms. The first-order chi connectivity index (χ1) is 7.81. The van der Waals surface area contributed by atoms with Gasteiger partial charge in [-0.05, 0) is 19.4 Å². The first-order valence-electron chi connectivity index (χ1n) is 5.43. The second kappa shape index (κ2) is 5.48. The lowest BCUT2D eigenvalue weighted by atomic mass is 10.1. The molecule has 1 aliphatic rings. The van der Waals surface area contributed by atoms with Gasteiger partial charge in [-0.25, -0.2) is 0 Å². The Kier molecular flexibility index (Phi) is 3.98. The van der Waals surface area contributed by atoms with E-state index in [-0.39, 0.29) is 5.56 Å². The number of nitrogens with zero attached hydrogens (tertiary/aromatic N) is 1. The molecule has 86 valence electrons. The van der Waals surface area contributed by atoms with E-state index in [2.05, 4.69) is 29.4 Å². The van der Waals surface area contributed by atoms with Crippen molar-refractivity contribution in [3.05, 3.63) is 35.4 Å². The van der Waals surface area contributed by atoms with Crippen molar-refractivity contribution in [3.63, 3.8) is 0 Å². The van der Waals surface area contributed by atoms with Gasteiger partial charge in [-0.15, -0.1) is 0 Å². The lowest BCUT2D eigenvalue weighted by Crippen LogP contribution is -2.34. The number of aliphatic imine (C=N–C) groups is 1. The normalized spacial score (nSPS) is 20.6. The van der Waals surface area contributed by atoms with Gasteiger partial charge in [0, 0.05) is 12.2 Å². The number of nitrogens with one attached hydrogen (secondary N) is 1.